The molecular weight excluding hydrogens is 374 g/mol. The molecule has 28 heavy (non-hydrogen) atoms. The van der Waals surface area contributed by atoms with Crippen molar-refractivity contribution in [2.75, 3.05) is 33.4 Å². The van der Waals surface area contributed by atoms with E-state index in [1.165, 1.54) is 64.3 Å². The van der Waals surface area contributed by atoms with Gasteiger partial charge in [-0.25, -0.2) is 4.90 Å². The third-order valence-electron chi connectivity index (χ3n) is 7.92. The van der Waals surface area contributed by atoms with Gasteiger partial charge in [-0.05, 0) is 50.4 Å². The van der Waals surface area contributed by atoms with Gasteiger partial charge >= 0.3 is 5.97 Å². The maximum Gasteiger partial charge on any atom is 0.323 e. The maximum absolute atomic E-state index is 12.5. The van der Waals surface area contributed by atoms with Crippen LogP contribution in [0.3, 0.4) is 0 Å². The lowest BCUT2D eigenvalue weighted by atomic mass is 9.86. The summed E-state index contributed by atoms with van der Waals surface area (Å²) in [5, 5.41) is 2.88. The van der Waals surface area contributed by atoms with Crippen LogP contribution in [0.2, 0.25) is 0 Å². The van der Waals surface area contributed by atoms with Gasteiger partial charge in [0.15, 0.2) is 0 Å². The van der Waals surface area contributed by atoms with Crippen LogP contribution in [0.15, 0.2) is 0 Å². The van der Waals surface area contributed by atoms with E-state index in [9.17, 15) is 4.79 Å². The molecule has 5 nitrogen and oxygen atoms in total. The predicted molar refractivity (Wildman–Crippen MR) is 111 cm³/mol. The molecule has 4 aliphatic rings. The molecule has 6 heteroatoms. The molecule has 0 radical (unpaired) electrons. The molecule has 0 aromatic heterocycles. The number of fused-ring (bicyclic) bond motifs is 1. The zero-order chi connectivity index (χ0) is 19.5. The molecule has 2 saturated carbocycles. The summed E-state index contributed by atoms with van der Waals surface area (Å²) in [4.78, 5) is 17.7. The number of quaternary nitrogens is 1. The first-order valence-corrected chi connectivity index (χ1v) is 12.1. The molecule has 160 valence electrons. The highest BCUT2D eigenvalue weighted by atomic mass is 35.5. The van der Waals surface area contributed by atoms with Crippen LogP contribution in [0.5, 0.6) is 0 Å². The number of esters is 1. The van der Waals surface area contributed by atoms with Crippen molar-refractivity contribution >= 4 is 17.6 Å². The van der Waals surface area contributed by atoms with E-state index in [2.05, 4.69) is 15.1 Å². The normalized spacial score (nSPS) is 38.3. The fourth-order valence-electron chi connectivity index (χ4n) is 6.24. The quantitative estimate of drug-likeness (QED) is 0.555. The second kappa shape index (κ2) is 9.63. The zero-order valence-corrected chi connectivity index (χ0v) is 18.3. The molecule has 0 aromatic carbocycles. The number of piperidine rings is 1. The van der Waals surface area contributed by atoms with Gasteiger partial charge in [0.2, 0.25) is 0 Å². The number of likely N-dealkylation sites (tertiary alicyclic amines) is 1. The van der Waals surface area contributed by atoms with Gasteiger partial charge in [-0.3, -0.25) is 9.69 Å². The van der Waals surface area contributed by atoms with E-state index in [0.29, 0.717) is 17.5 Å². The van der Waals surface area contributed by atoms with Crippen LogP contribution in [0.25, 0.3) is 0 Å². The SMILES string of the molecule is COC(=O)[C@H]1CC2[NH2+]CN(CC3CCC(Cl)CC3)C2CN1CC1CCCCC1. The highest BCUT2D eigenvalue weighted by Crippen LogP contribution is 2.32. The fraction of sp³-hybridized carbons (Fsp3) is 0.955. The van der Waals surface area contributed by atoms with E-state index in [1.807, 2.05) is 0 Å². The van der Waals surface area contributed by atoms with Crippen molar-refractivity contribution < 1.29 is 14.8 Å². The second-order valence-corrected chi connectivity index (χ2v) is 10.4. The van der Waals surface area contributed by atoms with Crippen molar-refractivity contribution in [1.29, 1.82) is 0 Å². The minimum atomic E-state index is -0.0453. The number of hydrogen-bond acceptors (Lipinski definition) is 4. The van der Waals surface area contributed by atoms with Crippen molar-refractivity contribution in [3.63, 3.8) is 0 Å². The van der Waals surface area contributed by atoms with E-state index in [1.54, 1.807) is 7.11 Å². The number of hydrogen-bond donors (Lipinski definition) is 1. The average molecular weight is 413 g/mol. The van der Waals surface area contributed by atoms with Gasteiger partial charge in [0.05, 0.1) is 13.2 Å². The lowest BCUT2D eigenvalue weighted by Gasteiger charge is -2.42. The number of nitrogens with zero attached hydrogens (tertiary/aromatic N) is 2. The van der Waals surface area contributed by atoms with Crippen LogP contribution in [-0.2, 0) is 9.53 Å². The molecule has 0 spiro atoms. The van der Waals surface area contributed by atoms with Gasteiger partial charge in [-0.15, -0.1) is 11.6 Å². The predicted octanol–water partition coefficient (Wildman–Crippen LogP) is 2.19. The molecule has 2 unspecified atom stereocenters. The van der Waals surface area contributed by atoms with Crippen LogP contribution in [0.1, 0.15) is 64.2 Å². The Bertz CT molecular complexity index is 520. The van der Waals surface area contributed by atoms with Crippen LogP contribution in [0.4, 0.5) is 0 Å². The maximum atomic E-state index is 12.5. The summed E-state index contributed by atoms with van der Waals surface area (Å²) in [6.45, 7) is 4.40. The highest BCUT2D eigenvalue weighted by molar-refractivity contribution is 6.20. The number of ether oxygens (including phenoxy) is 1. The Kier molecular flexibility index (Phi) is 7.19. The molecule has 0 amide bonds. The number of carbonyl (C=O) groups is 1. The monoisotopic (exact) mass is 412 g/mol. The molecule has 2 saturated heterocycles. The number of carbonyl (C=O) groups excluding carboxylic acids is 1. The smallest absolute Gasteiger partial charge is 0.323 e. The highest BCUT2D eigenvalue weighted by Gasteiger charge is 2.48. The van der Waals surface area contributed by atoms with E-state index >= 15 is 0 Å². The van der Waals surface area contributed by atoms with Crippen LogP contribution < -0.4 is 5.32 Å². The van der Waals surface area contributed by atoms with Crippen molar-refractivity contribution in [3.05, 3.63) is 0 Å². The first-order chi connectivity index (χ1) is 13.6. The number of alkyl halides is 1. The lowest BCUT2D eigenvalue weighted by Crippen LogP contribution is -2.89. The summed E-state index contributed by atoms with van der Waals surface area (Å²) in [6, 6.07) is 1.07. The lowest BCUT2D eigenvalue weighted by molar-refractivity contribution is -0.678. The number of methoxy groups -OCH3 is 1. The summed E-state index contributed by atoms with van der Waals surface area (Å²) >= 11 is 6.31. The molecule has 0 bridgehead atoms. The number of halogens is 1. The molecule has 3 atom stereocenters. The van der Waals surface area contributed by atoms with Crippen LogP contribution in [0, 0.1) is 11.8 Å². The van der Waals surface area contributed by atoms with Gasteiger partial charge in [0, 0.05) is 31.4 Å². The standard InChI is InChI=1S/C22H38ClN3O2/c1-28-22(27)20-11-19-21(14-25(20)12-16-5-3-2-4-6-16)26(15-24-19)13-17-7-9-18(23)10-8-17/h16-21,24H,2-15H2,1H3/p+1/t17?,18?,19?,20-,21?/m1/s1. The second-order valence-electron chi connectivity index (χ2n) is 9.77. The van der Waals surface area contributed by atoms with Crippen molar-refractivity contribution in [2.24, 2.45) is 11.8 Å². The first kappa shape index (κ1) is 20.9. The fourth-order valence-corrected chi connectivity index (χ4v) is 6.49. The largest absolute Gasteiger partial charge is 0.468 e. The third kappa shape index (κ3) is 4.85. The van der Waals surface area contributed by atoms with Crippen LogP contribution in [-0.4, -0.2) is 72.7 Å². The Morgan fingerprint density at radius 3 is 2.39 bits per heavy atom. The van der Waals surface area contributed by atoms with Gasteiger partial charge in [-0.2, -0.15) is 0 Å². The Hall–Kier alpha value is -0.360. The summed E-state index contributed by atoms with van der Waals surface area (Å²) in [6.07, 6.45) is 12.6. The van der Waals surface area contributed by atoms with Gasteiger partial charge in [0.25, 0.3) is 0 Å². The molecule has 0 aromatic rings. The average Bonchev–Trinajstić information content (AvgIpc) is 3.11. The van der Waals surface area contributed by atoms with Gasteiger partial charge in [0.1, 0.15) is 18.8 Å². The number of rotatable bonds is 5. The molecular formula is C22H39ClN3O2+. The topological polar surface area (TPSA) is 49.4 Å². The van der Waals surface area contributed by atoms with E-state index in [4.69, 9.17) is 16.3 Å². The van der Waals surface area contributed by atoms with Gasteiger partial charge < -0.3 is 10.1 Å². The molecule has 2 aliphatic carbocycles. The molecule has 2 N–H and O–H groups in total. The van der Waals surface area contributed by atoms with E-state index < -0.39 is 0 Å². The zero-order valence-electron chi connectivity index (χ0n) is 17.5. The van der Waals surface area contributed by atoms with Crippen molar-refractivity contribution in [2.45, 2.75) is 87.7 Å². The third-order valence-corrected chi connectivity index (χ3v) is 8.36. The Labute approximate surface area is 175 Å². The summed E-state index contributed by atoms with van der Waals surface area (Å²) in [7, 11) is 1.55. The minimum Gasteiger partial charge on any atom is -0.468 e. The molecule has 4 fully saturated rings. The molecule has 2 heterocycles. The minimum absolute atomic E-state index is 0.0263. The summed E-state index contributed by atoms with van der Waals surface area (Å²) in [5.41, 5.74) is 0. The van der Waals surface area contributed by atoms with Gasteiger partial charge in [-0.1, -0.05) is 19.3 Å². The Morgan fingerprint density at radius 2 is 1.68 bits per heavy atom. The van der Waals surface area contributed by atoms with E-state index in [0.717, 1.165) is 38.0 Å². The number of nitrogens with two attached hydrogens (primary N) is 1. The van der Waals surface area contributed by atoms with Crippen LogP contribution >= 0.6 is 11.6 Å². The summed E-state index contributed by atoms with van der Waals surface area (Å²) < 4.78 is 5.20. The Balaban J connectivity index is 1.39. The van der Waals surface area contributed by atoms with E-state index in [-0.39, 0.29) is 12.0 Å². The molecule has 4 rings (SSSR count). The Morgan fingerprint density at radius 1 is 1.00 bits per heavy atom. The summed E-state index contributed by atoms with van der Waals surface area (Å²) in [5.74, 6) is 1.53. The van der Waals surface area contributed by atoms with Crippen molar-refractivity contribution in [3.8, 4) is 0 Å². The first-order valence-electron chi connectivity index (χ1n) is 11.7. The molecule has 2 aliphatic heterocycles. The van der Waals surface area contributed by atoms with Crippen molar-refractivity contribution in [1.82, 2.24) is 9.80 Å².